The molecule has 3 aliphatic rings. The maximum absolute atomic E-state index is 13.3. The van der Waals surface area contributed by atoms with Crippen LogP contribution in [0.25, 0.3) is 0 Å². The van der Waals surface area contributed by atoms with Gasteiger partial charge in [-0.15, -0.1) is 0 Å². The van der Waals surface area contributed by atoms with E-state index in [0.717, 1.165) is 38.5 Å². The van der Waals surface area contributed by atoms with Crippen LogP contribution in [-0.4, -0.2) is 43.1 Å². The summed E-state index contributed by atoms with van der Waals surface area (Å²) in [5, 5.41) is 5.34. The Kier molecular flexibility index (Phi) is 8.23. The first-order chi connectivity index (χ1) is 16.5. The van der Waals surface area contributed by atoms with Crippen molar-refractivity contribution in [2.45, 2.75) is 77.2 Å². The van der Waals surface area contributed by atoms with Crippen molar-refractivity contribution in [3.05, 3.63) is 41.7 Å². The Balaban J connectivity index is 1.51. The molecule has 0 aromatic heterocycles. The van der Waals surface area contributed by atoms with Gasteiger partial charge in [-0.3, -0.25) is 9.59 Å². The van der Waals surface area contributed by atoms with Gasteiger partial charge in [-0.05, 0) is 89.3 Å². The van der Waals surface area contributed by atoms with Crippen molar-refractivity contribution in [3.63, 3.8) is 0 Å². The third kappa shape index (κ3) is 6.83. The van der Waals surface area contributed by atoms with E-state index in [1.165, 1.54) is 12.5 Å². The summed E-state index contributed by atoms with van der Waals surface area (Å²) >= 11 is 0. The molecule has 3 saturated carbocycles. The summed E-state index contributed by atoms with van der Waals surface area (Å²) in [6, 6.07) is 7.89. The van der Waals surface area contributed by atoms with E-state index in [-0.39, 0.29) is 47.8 Å². The molecule has 192 valence electrons. The van der Waals surface area contributed by atoms with Crippen LogP contribution < -0.4 is 15.4 Å². The van der Waals surface area contributed by atoms with Crippen molar-refractivity contribution >= 4 is 17.8 Å². The van der Waals surface area contributed by atoms with Gasteiger partial charge in [0.15, 0.2) is 0 Å². The molecule has 0 atom stereocenters. The summed E-state index contributed by atoms with van der Waals surface area (Å²) in [4.78, 5) is 35.7. The zero-order valence-corrected chi connectivity index (χ0v) is 21.2. The molecule has 1 aromatic carbocycles. The van der Waals surface area contributed by atoms with Gasteiger partial charge in [-0.25, -0.2) is 9.18 Å². The van der Waals surface area contributed by atoms with Crippen molar-refractivity contribution in [3.8, 4) is 5.75 Å². The van der Waals surface area contributed by atoms with E-state index in [2.05, 4.69) is 22.8 Å². The Hall–Kier alpha value is -2.90. The molecular formula is C27H37FN2O5. The molecule has 0 unspecified atom stereocenters. The quantitative estimate of drug-likeness (QED) is 0.524. The summed E-state index contributed by atoms with van der Waals surface area (Å²) in [6.07, 6.45) is 5.11. The van der Waals surface area contributed by atoms with Crippen molar-refractivity contribution in [1.29, 1.82) is 0 Å². The molecule has 2 N–H and O–H groups in total. The zero-order valence-electron chi connectivity index (χ0n) is 21.2. The van der Waals surface area contributed by atoms with Gasteiger partial charge in [-0.1, -0.05) is 12.1 Å². The first-order valence-electron chi connectivity index (χ1n) is 12.2. The predicted molar refractivity (Wildman–Crippen MR) is 131 cm³/mol. The summed E-state index contributed by atoms with van der Waals surface area (Å²) in [5.41, 5.74) is 0.611. The lowest BCUT2D eigenvalue weighted by Crippen LogP contribution is -2.52. The minimum absolute atomic E-state index is 0.00560. The lowest BCUT2D eigenvalue weighted by atomic mass is 9.51. The molecule has 8 heteroatoms. The van der Waals surface area contributed by atoms with Crippen LogP contribution >= 0.6 is 0 Å². The third-order valence-electron chi connectivity index (χ3n) is 7.13. The number of ketones is 1. The molecule has 0 aliphatic heterocycles. The summed E-state index contributed by atoms with van der Waals surface area (Å²) in [6.45, 7) is 6.86. The van der Waals surface area contributed by atoms with Crippen LogP contribution in [0.2, 0.25) is 0 Å². The van der Waals surface area contributed by atoms with Crippen LogP contribution in [0.15, 0.2) is 36.2 Å². The van der Waals surface area contributed by atoms with Gasteiger partial charge in [0.2, 0.25) is 5.91 Å². The second-order valence-electron chi connectivity index (χ2n) is 10.9. The van der Waals surface area contributed by atoms with Crippen molar-refractivity contribution in [1.82, 2.24) is 10.6 Å². The minimum atomic E-state index is -0.624. The number of rotatable bonds is 9. The highest BCUT2D eigenvalue weighted by Crippen LogP contribution is 2.57. The molecule has 7 nitrogen and oxygen atoms in total. The molecule has 35 heavy (non-hydrogen) atoms. The Bertz CT molecular complexity index is 940. The Morgan fingerprint density at radius 3 is 2.09 bits per heavy atom. The van der Waals surface area contributed by atoms with Crippen molar-refractivity contribution < 1.29 is 28.2 Å². The summed E-state index contributed by atoms with van der Waals surface area (Å²) in [5.74, 6) is 0.598. The van der Waals surface area contributed by atoms with Crippen molar-refractivity contribution in [2.24, 2.45) is 5.41 Å². The average molecular weight is 489 g/mol. The highest BCUT2D eigenvalue weighted by atomic mass is 19.1. The molecule has 0 saturated heterocycles. The maximum atomic E-state index is 13.3. The fraction of sp³-hybridized carbons (Fsp3) is 0.593. The van der Waals surface area contributed by atoms with Crippen LogP contribution in [0, 0.1) is 5.41 Å². The molecule has 3 fully saturated rings. The van der Waals surface area contributed by atoms with Crippen LogP contribution in [0.3, 0.4) is 0 Å². The van der Waals surface area contributed by atoms with E-state index in [9.17, 15) is 18.8 Å². The first-order valence-corrected chi connectivity index (χ1v) is 12.2. The minimum Gasteiger partial charge on any atom is -0.489 e. The molecule has 3 aliphatic carbocycles. The van der Waals surface area contributed by atoms with E-state index in [0.29, 0.717) is 12.1 Å². The maximum Gasteiger partial charge on any atom is 0.407 e. The second kappa shape index (κ2) is 10.8. The predicted octanol–water partition coefficient (Wildman–Crippen LogP) is 4.74. The van der Waals surface area contributed by atoms with Crippen molar-refractivity contribution in [2.75, 3.05) is 19.7 Å². The molecule has 0 radical (unpaired) electrons. The molecule has 0 spiro atoms. The number of ether oxygens (including phenoxy) is 2. The van der Waals surface area contributed by atoms with Gasteiger partial charge in [0.1, 0.15) is 23.7 Å². The highest BCUT2D eigenvalue weighted by Gasteiger charge is 2.52. The SMILES string of the molecule is CC(=O)CNC(=O)C12CCC(c3ccc(OC/C(=C/F)CNC(=O)OC(C)(C)C)cc3)(CC1)CC2. The monoisotopic (exact) mass is 488 g/mol. The number of hydrogen-bond acceptors (Lipinski definition) is 5. The van der Waals surface area contributed by atoms with Crippen LogP contribution in [0.1, 0.15) is 71.8 Å². The standard InChI is InChI=1S/C27H37FN2O5/c1-19(31)16-29-23(32)27-12-9-26(10-13-27,11-14-27)21-5-7-22(8-6-21)34-18-20(15-28)17-30-24(33)35-25(2,3)4/h5-8,15H,9-14,16-18H2,1-4H3,(H,29,32)(H,30,33)/b20-15+. The van der Waals surface area contributed by atoms with Gasteiger partial charge < -0.3 is 20.1 Å². The molecular weight excluding hydrogens is 451 g/mol. The topological polar surface area (TPSA) is 93.7 Å². The zero-order chi connectivity index (χ0) is 25.7. The van der Waals surface area contributed by atoms with Crippen LogP contribution in [-0.2, 0) is 19.7 Å². The van der Waals surface area contributed by atoms with Crippen LogP contribution in [0.5, 0.6) is 5.75 Å². The van der Waals surface area contributed by atoms with E-state index < -0.39 is 11.7 Å². The number of alkyl carbamates (subject to hydrolysis) is 1. The number of hydrogen-bond donors (Lipinski definition) is 2. The Morgan fingerprint density at radius 1 is 0.971 bits per heavy atom. The van der Waals surface area contributed by atoms with E-state index in [4.69, 9.17) is 9.47 Å². The van der Waals surface area contributed by atoms with E-state index in [1.54, 1.807) is 20.8 Å². The smallest absolute Gasteiger partial charge is 0.407 e. The fourth-order valence-corrected chi connectivity index (χ4v) is 5.05. The number of halogens is 1. The van der Waals surface area contributed by atoms with E-state index >= 15 is 0 Å². The van der Waals surface area contributed by atoms with Gasteiger partial charge >= 0.3 is 6.09 Å². The second-order valence-corrected chi connectivity index (χ2v) is 10.9. The normalized spacial score (nSPS) is 24.0. The molecule has 2 amide bonds. The Labute approximate surface area is 206 Å². The Morgan fingerprint density at radius 2 is 1.57 bits per heavy atom. The number of amides is 2. The van der Waals surface area contributed by atoms with Gasteiger partial charge in [0.25, 0.3) is 0 Å². The van der Waals surface area contributed by atoms with Crippen LogP contribution in [0.4, 0.5) is 9.18 Å². The lowest BCUT2D eigenvalue weighted by Gasteiger charge is -2.52. The molecule has 0 heterocycles. The number of nitrogens with one attached hydrogen (secondary N) is 2. The fourth-order valence-electron chi connectivity index (χ4n) is 5.05. The molecule has 2 bridgehead atoms. The number of carbonyl (C=O) groups excluding carboxylic acids is 3. The summed E-state index contributed by atoms with van der Waals surface area (Å²) < 4.78 is 24.1. The number of benzene rings is 1. The number of carbonyl (C=O) groups is 3. The number of fused-ring (bicyclic) bond motifs is 3. The molecule has 1 aromatic rings. The van der Waals surface area contributed by atoms with Gasteiger partial charge in [0, 0.05) is 17.5 Å². The van der Waals surface area contributed by atoms with Gasteiger partial charge in [0.05, 0.1) is 12.9 Å². The lowest BCUT2D eigenvalue weighted by molar-refractivity contribution is -0.139. The van der Waals surface area contributed by atoms with Gasteiger partial charge in [-0.2, -0.15) is 0 Å². The third-order valence-corrected chi connectivity index (χ3v) is 7.13. The summed E-state index contributed by atoms with van der Waals surface area (Å²) in [7, 11) is 0. The molecule has 4 rings (SSSR count). The van der Waals surface area contributed by atoms with E-state index in [1.807, 2.05) is 12.1 Å². The largest absolute Gasteiger partial charge is 0.489 e. The number of Topliss-reactive ketones (excluding diaryl/α,β-unsaturated/α-hetero) is 1. The highest BCUT2D eigenvalue weighted by molar-refractivity contribution is 5.88. The average Bonchev–Trinajstić information content (AvgIpc) is 2.83. The first kappa shape index (κ1) is 26.7.